The molecule has 0 aliphatic heterocycles. The van der Waals surface area contributed by atoms with Crippen LogP contribution in [0.5, 0.6) is 0 Å². The van der Waals surface area contributed by atoms with Crippen LogP contribution >= 0.6 is 12.6 Å². The zero-order valence-corrected chi connectivity index (χ0v) is 8.22. The van der Waals surface area contributed by atoms with Crippen molar-refractivity contribution in [2.75, 3.05) is 11.5 Å². The van der Waals surface area contributed by atoms with Gasteiger partial charge in [-0.15, -0.1) is 0 Å². The predicted molar refractivity (Wildman–Crippen MR) is 57.7 cm³/mol. The SMILES string of the molecule is CC(CCS)c1ccc(N)cc1. The van der Waals surface area contributed by atoms with E-state index in [2.05, 4.69) is 31.7 Å². The Morgan fingerprint density at radius 3 is 2.42 bits per heavy atom. The van der Waals surface area contributed by atoms with Gasteiger partial charge in [-0.3, -0.25) is 0 Å². The normalized spacial score (nSPS) is 12.8. The van der Waals surface area contributed by atoms with Crippen LogP contribution < -0.4 is 5.73 Å². The van der Waals surface area contributed by atoms with Crippen LogP contribution in [0.4, 0.5) is 5.69 Å². The van der Waals surface area contributed by atoms with Gasteiger partial charge in [0.05, 0.1) is 0 Å². The van der Waals surface area contributed by atoms with Crippen LogP contribution in [0.25, 0.3) is 0 Å². The number of nitrogens with two attached hydrogens (primary N) is 1. The van der Waals surface area contributed by atoms with Gasteiger partial charge in [-0.05, 0) is 35.8 Å². The molecule has 0 aliphatic rings. The Bertz CT molecular complexity index is 230. The van der Waals surface area contributed by atoms with Crippen molar-refractivity contribution in [2.45, 2.75) is 19.3 Å². The minimum Gasteiger partial charge on any atom is -0.399 e. The van der Waals surface area contributed by atoms with E-state index in [0.29, 0.717) is 5.92 Å². The molecule has 1 aromatic carbocycles. The fourth-order valence-electron chi connectivity index (χ4n) is 1.18. The summed E-state index contributed by atoms with van der Waals surface area (Å²) in [7, 11) is 0. The molecule has 1 atom stereocenters. The Hall–Kier alpha value is -0.630. The molecule has 66 valence electrons. The summed E-state index contributed by atoms with van der Waals surface area (Å²) in [6, 6.07) is 8.07. The van der Waals surface area contributed by atoms with Gasteiger partial charge in [-0.2, -0.15) is 12.6 Å². The lowest BCUT2D eigenvalue weighted by Gasteiger charge is -2.09. The van der Waals surface area contributed by atoms with Crippen molar-refractivity contribution in [3.63, 3.8) is 0 Å². The molecule has 1 nitrogen and oxygen atoms in total. The Morgan fingerprint density at radius 2 is 1.92 bits per heavy atom. The monoisotopic (exact) mass is 181 g/mol. The van der Waals surface area contributed by atoms with Crippen LogP contribution in [-0.2, 0) is 0 Å². The molecule has 0 spiro atoms. The van der Waals surface area contributed by atoms with E-state index in [1.165, 1.54) is 5.56 Å². The van der Waals surface area contributed by atoms with Gasteiger partial charge in [-0.1, -0.05) is 19.1 Å². The first-order valence-corrected chi connectivity index (χ1v) is 4.83. The van der Waals surface area contributed by atoms with Crippen LogP contribution in [0.15, 0.2) is 24.3 Å². The van der Waals surface area contributed by atoms with Crippen LogP contribution in [0.3, 0.4) is 0 Å². The molecule has 0 saturated carbocycles. The van der Waals surface area contributed by atoms with Crippen molar-refractivity contribution in [1.82, 2.24) is 0 Å². The Morgan fingerprint density at radius 1 is 1.33 bits per heavy atom. The standard InChI is InChI=1S/C10H15NS/c1-8(6-7-12)9-2-4-10(11)5-3-9/h2-5,8,12H,6-7,11H2,1H3. The van der Waals surface area contributed by atoms with Gasteiger partial charge in [0.15, 0.2) is 0 Å². The molecule has 0 radical (unpaired) electrons. The number of rotatable bonds is 3. The van der Waals surface area contributed by atoms with Crippen molar-refractivity contribution in [3.05, 3.63) is 29.8 Å². The van der Waals surface area contributed by atoms with Gasteiger partial charge in [0.2, 0.25) is 0 Å². The molecule has 0 fully saturated rings. The van der Waals surface area contributed by atoms with Crippen LogP contribution in [0.1, 0.15) is 24.8 Å². The summed E-state index contributed by atoms with van der Waals surface area (Å²) in [6.45, 7) is 2.21. The van der Waals surface area contributed by atoms with Gasteiger partial charge < -0.3 is 5.73 Å². The largest absolute Gasteiger partial charge is 0.399 e. The van der Waals surface area contributed by atoms with Gasteiger partial charge in [0, 0.05) is 5.69 Å². The first kappa shape index (κ1) is 9.46. The lowest BCUT2D eigenvalue weighted by atomic mass is 9.99. The highest BCUT2D eigenvalue weighted by Gasteiger charge is 2.02. The number of hydrogen-bond acceptors (Lipinski definition) is 2. The zero-order valence-electron chi connectivity index (χ0n) is 7.33. The van der Waals surface area contributed by atoms with E-state index in [1.807, 2.05) is 12.1 Å². The van der Waals surface area contributed by atoms with E-state index >= 15 is 0 Å². The molecular weight excluding hydrogens is 166 g/mol. The van der Waals surface area contributed by atoms with Crippen molar-refractivity contribution in [2.24, 2.45) is 0 Å². The minimum absolute atomic E-state index is 0.586. The fourth-order valence-corrected chi connectivity index (χ4v) is 1.57. The van der Waals surface area contributed by atoms with Crippen molar-refractivity contribution >= 4 is 18.3 Å². The van der Waals surface area contributed by atoms with Gasteiger partial charge in [0.1, 0.15) is 0 Å². The topological polar surface area (TPSA) is 26.0 Å². The molecule has 0 heterocycles. The Labute approximate surface area is 79.4 Å². The fraction of sp³-hybridized carbons (Fsp3) is 0.400. The number of hydrogen-bond donors (Lipinski definition) is 2. The third-order valence-corrected chi connectivity index (χ3v) is 2.33. The van der Waals surface area contributed by atoms with E-state index in [4.69, 9.17) is 5.73 Å². The number of nitrogen functional groups attached to an aromatic ring is 1. The molecule has 12 heavy (non-hydrogen) atoms. The summed E-state index contributed by atoms with van der Waals surface area (Å²) >= 11 is 4.21. The van der Waals surface area contributed by atoms with Crippen LogP contribution in [0, 0.1) is 0 Å². The molecule has 2 heteroatoms. The van der Waals surface area contributed by atoms with E-state index in [0.717, 1.165) is 17.9 Å². The lowest BCUT2D eigenvalue weighted by molar-refractivity contribution is 0.742. The van der Waals surface area contributed by atoms with E-state index in [9.17, 15) is 0 Å². The summed E-state index contributed by atoms with van der Waals surface area (Å²) < 4.78 is 0. The molecule has 1 aromatic rings. The molecule has 0 saturated heterocycles. The second-order valence-electron chi connectivity index (χ2n) is 3.08. The molecule has 0 bridgehead atoms. The zero-order chi connectivity index (χ0) is 8.97. The number of benzene rings is 1. The van der Waals surface area contributed by atoms with Crippen molar-refractivity contribution in [1.29, 1.82) is 0 Å². The van der Waals surface area contributed by atoms with E-state index < -0.39 is 0 Å². The maximum absolute atomic E-state index is 5.59. The minimum atomic E-state index is 0.586. The van der Waals surface area contributed by atoms with E-state index in [1.54, 1.807) is 0 Å². The maximum Gasteiger partial charge on any atom is 0.0314 e. The highest BCUT2D eigenvalue weighted by atomic mass is 32.1. The molecule has 0 aromatic heterocycles. The smallest absolute Gasteiger partial charge is 0.0314 e. The average molecular weight is 181 g/mol. The third kappa shape index (κ3) is 2.45. The molecule has 0 aliphatic carbocycles. The lowest BCUT2D eigenvalue weighted by Crippen LogP contribution is -1.94. The summed E-state index contributed by atoms with van der Waals surface area (Å²) in [5, 5.41) is 0. The summed E-state index contributed by atoms with van der Waals surface area (Å²) in [5.74, 6) is 1.52. The van der Waals surface area contributed by atoms with Gasteiger partial charge in [0.25, 0.3) is 0 Å². The predicted octanol–water partition coefficient (Wildman–Crippen LogP) is 2.69. The van der Waals surface area contributed by atoms with Crippen LogP contribution in [0.2, 0.25) is 0 Å². The third-order valence-electron chi connectivity index (χ3n) is 2.07. The quantitative estimate of drug-likeness (QED) is 0.544. The summed E-state index contributed by atoms with van der Waals surface area (Å²) in [6.07, 6.45) is 1.12. The molecule has 1 unspecified atom stereocenters. The van der Waals surface area contributed by atoms with Gasteiger partial charge >= 0.3 is 0 Å². The van der Waals surface area contributed by atoms with Crippen LogP contribution in [-0.4, -0.2) is 5.75 Å². The first-order chi connectivity index (χ1) is 5.74. The Kier molecular flexibility index (Phi) is 3.48. The molecular formula is C10H15NS. The Balaban J connectivity index is 2.68. The first-order valence-electron chi connectivity index (χ1n) is 4.20. The highest BCUT2D eigenvalue weighted by molar-refractivity contribution is 7.80. The van der Waals surface area contributed by atoms with Gasteiger partial charge in [-0.25, -0.2) is 0 Å². The second kappa shape index (κ2) is 4.41. The van der Waals surface area contributed by atoms with E-state index in [-0.39, 0.29) is 0 Å². The maximum atomic E-state index is 5.59. The molecule has 0 amide bonds. The van der Waals surface area contributed by atoms with Crippen molar-refractivity contribution in [3.8, 4) is 0 Å². The second-order valence-corrected chi connectivity index (χ2v) is 3.53. The highest BCUT2D eigenvalue weighted by Crippen LogP contribution is 2.19. The number of anilines is 1. The molecule has 2 N–H and O–H groups in total. The summed E-state index contributed by atoms with van der Waals surface area (Å²) in [5.41, 5.74) is 7.76. The summed E-state index contributed by atoms with van der Waals surface area (Å²) in [4.78, 5) is 0. The number of thiol groups is 1. The average Bonchev–Trinajstić information content (AvgIpc) is 2.06. The molecule has 1 rings (SSSR count). The van der Waals surface area contributed by atoms with Crippen molar-refractivity contribution < 1.29 is 0 Å².